The predicted molar refractivity (Wildman–Crippen MR) is 85.7 cm³/mol. The van der Waals surface area contributed by atoms with E-state index in [0.29, 0.717) is 12.5 Å². The quantitative estimate of drug-likeness (QED) is 0.766. The molecule has 0 aliphatic rings. The maximum atomic E-state index is 12.2. The molecule has 1 rings (SSSR count). The summed E-state index contributed by atoms with van der Waals surface area (Å²) in [5, 5.41) is 4.50. The Morgan fingerprint density at radius 3 is 2.43 bits per heavy atom. The van der Waals surface area contributed by atoms with Gasteiger partial charge in [-0.25, -0.2) is 8.42 Å². The van der Waals surface area contributed by atoms with E-state index in [4.69, 9.17) is 0 Å². The van der Waals surface area contributed by atoms with Crippen LogP contribution in [0.1, 0.15) is 34.1 Å². The molecule has 2 N–H and O–H groups in total. The summed E-state index contributed by atoms with van der Waals surface area (Å²) in [6.07, 6.45) is 0.869. The third-order valence-electron chi connectivity index (χ3n) is 3.01. The number of hydrogen-bond donors (Lipinski definition) is 2. The van der Waals surface area contributed by atoms with Crippen LogP contribution in [0.2, 0.25) is 0 Å². The van der Waals surface area contributed by atoms with Crippen LogP contribution in [0.4, 0.5) is 0 Å². The fourth-order valence-electron chi connectivity index (χ4n) is 1.73. The van der Waals surface area contributed by atoms with Gasteiger partial charge in [-0.05, 0) is 29.7 Å². The Balaban J connectivity index is 2.72. The molecule has 0 aliphatic heterocycles. The topological polar surface area (TPSA) is 75.3 Å². The highest BCUT2D eigenvalue weighted by molar-refractivity contribution is 7.91. The highest BCUT2D eigenvalue weighted by Gasteiger charge is 2.28. The molecular weight excluding hydrogens is 308 g/mol. The summed E-state index contributed by atoms with van der Waals surface area (Å²) >= 11 is 1.13. The zero-order chi connectivity index (χ0) is 16.0. The predicted octanol–water partition coefficient (Wildman–Crippen LogP) is 2.21. The van der Waals surface area contributed by atoms with E-state index >= 15 is 0 Å². The van der Waals surface area contributed by atoms with Crippen LogP contribution in [-0.4, -0.2) is 26.9 Å². The summed E-state index contributed by atoms with van der Waals surface area (Å²) in [4.78, 5) is 12.2. The first-order valence-corrected chi connectivity index (χ1v) is 9.44. The molecule has 0 aromatic carbocycles. The summed E-state index contributed by atoms with van der Waals surface area (Å²) < 4.78 is 27.2. The molecule has 0 bridgehead atoms. The second-order valence-corrected chi connectivity index (χ2v) is 8.64. The molecule has 0 unspecified atom stereocenters. The number of thiophene rings is 1. The molecule has 1 aromatic heterocycles. The maximum Gasteiger partial charge on any atom is 0.250 e. The van der Waals surface area contributed by atoms with Gasteiger partial charge in [0.25, 0.3) is 10.0 Å². The second-order valence-electron chi connectivity index (χ2n) is 5.75. The van der Waals surface area contributed by atoms with Gasteiger partial charge in [-0.1, -0.05) is 33.8 Å². The van der Waals surface area contributed by atoms with E-state index in [1.807, 2.05) is 13.8 Å². The number of rotatable bonds is 8. The van der Waals surface area contributed by atoms with Crippen LogP contribution in [0.3, 0.4) is 0 Å². The Morgan fingerprint density at radius 2 is 1.95 bits per heavy atom. The van der Waals surface area contributed by atoms with Crippen molar-refractivity contribution in [2.75, 3.05) is 6.54 Å². The van der Waals surface area contributed by atoms with Crippen LogP contribution >= 0.6 is 11.3 Å². The molecular formula is C14H24N2O3S2. The lowest BCUT2D eigenvalue weighted by atomic mass is 10.0. The third-order valence-corrected chi connectivity index (χ3v) is 5.85. The monoisotopic (exact) mass is 332 g/mol. The van der Waals surface area contributed by atoms with Crippen LogP contribution < -0.4 is 10.0 Å². The molecule has 0 spiro atoms. The highest BCUT2D eigenvalue weighted by Crippen LogP contribution is 2.17. The molecule has 1 aromatic rings. The zero-order valence-corrected chi connectivity index (χ0v) is 14.6. The number of hydrogen-bond acceptors (Lipinski definition) is 4. The van der Waals surface area contributed by atoms with Crippen molar-refractivity contribution in [3.8, 4) is 0 Å². The molecule has 0 radical (unpaired) electrons. The average Bonchev–Trinajstić information content (AvgIpc) is 2.89. The minimum absolute atomic E-state index is 0.126. The normalized spacial score (nSPS) is 13.6. The van der Waals surface area contributed by atoms with E-state index in [1.54, 1.807) is 11.4 Å². The third kappa shape index (κ3) is 5.76. The molecule has 1 atom stereocenters. The lowest BCUT2D eigenvalue weighted by molar-refractivity contribution is -0.123. The fraction of sp³-hybridized carbons (Fsp3) is 0.643. The largest absolute Gasteiger partial charge is 0.355 e. The fourth-order valence-corrected chi connectivity index (χ4v) is 4.08. The van der Waals surface area contributed by atoms with Crippen LogP contribution in [-0.2, 0) is 14.8 Å². The summed E-state index contributed by atoms with van der Waals surface area (Å²) in [5.41, 5.74) is 0. The zero-order valence-electron chi connectivity index (χ0n) is 12.9. The van der Waals surface area contributed by atoms with Crippen LogP contribution in [0, 0.1) is 11.8 Å². The molecule has 21 heavy (non-hydrogen) atoms. The lowest BCUT2D eigenvalue weighted by Crippen LogP contribution is -2.49. The van der Waals surface area contributed by atoms with E-state index in [0.717, 1.165) is 17.8 Å². The number of sulfonamides is 1. The average molecular weight is 332 g/mol. The van der Waals surface area contributed by atoms with Gasteiger partial charge in [0.1, 0.15) is 10.3 Å². The van der Waals surface area contributed by atoms with Gasteiger partial charge in [0.2, 0.25) is 5.91 Å². The molecule has 1 heterocycles. The van der Waals surface area contributed by atoms with E-state index in [9.17, 15) is 13.2 Å². The number of carbonyl (C=O) groups is 1. The van der Waals surface area contributed by atoms with Gasteiger partial charge in [0.15, 0.2) is 0 Å². The van der Waals surface area contributed by atoms with Gasteiger partial charge in [0, 0.05) is 6.54 Å². The number of carbonyl (C=O) groups excluding carboxylic acids is 1. The SMILES string of the molecule is CC(C)CCNC(=O)[C@H](NS(=O)(=O)c1cccs1)C(C)C. The molecule has 0 saturated carbocycles. The Labute approximate surface area is 131 Å². The van der Waals surface area contributed by atoms with Crippen molar-refractivity contribution < 1.29 is 13.2 Å². The lowest BCUT2D eigenvalue weighted by Gasteiger charge is -2.21. The van der Waals surface area contributed by atoms with Gasteiger partial charge >= 0.3 is 0 Å². The van der Waals surface area contributed by atoms with Crippen molar-refractivity contribution in [3.05, 3.63) is 17.5 Å². The highest BCUT2D eigenvalue weighted by atomic mass is 32.2. The van der Waals surface area contributed by atoms with Crippen molar-refractivity contribution in [1.29, 1.82) is 0 Å². The Kier molecular flexibility index (Phi) is 6.83. The Morgan fingerprint density at radius 1 is 1.29 bits per heavy atom. The number of nitrogens with one attached hydrogen (secondary N) is 2. The van der Waals surface area contributed by atoms with Crippen molar-refractivity contribution in [1.82, 2.24) is 10.0 Å². The minimum atomic E-state index is -3.64. The summed E-state index contributed by atoms with van der Waals surface area (Å²) in [5.74, 6) is 0.0928. The Bertz CT molecular complexity index is 537. The maximum absolute atomic E-state index is 12.2. The second kappa shape index (κ2) is 7.91. The van der Waals surface area contributed by atoms with Gasteiger partial charge in [-0.3, -0.25) is 4.79 Å². The van der Waals surface area contributed by atoms with Gasteiger partial charge < -0.3 is 5.32 Å². The van der Waals surface area contributed by atoms with Crippen molar-refractivity contribution in [2.45, 2.75) is 44.4 Å². The van der Waals surface area contributed by atoms with Crippen molar-refractivity contribution in [2.24, 2.45) is 11.8 Å². The van der Waals surface area contributed by atoms with E-state index < -0.39 is 16.1 Å². The van der Waals surface area contributed by atoms with E-state index in [-0.39, 0.29) is 16.0 Å². The van der Waals surface area contributed by atoms with Gasteiger partial charge in [-0.2, -0.15) is 4.72 Å². The molecule has 0 saturated heterocycles. The van der Waals surface area contributed by atoms with Crippen molar-refractivity contribution >= 4 is 27.3 Å². The van der Waals surface area contributed by atoms with Crippen molar-refractivity contribution in [3.63, 3.8) is 0 Å². The first-order valence-electron chi connectivity index (χ1n) is 7.07. The standard InChI is InChI=1S/C14H24N2O3S2/c1-10(2)7-8-15-14(17)13(11(3)4)16-21(18,19)12-6-5-9-20-12/h5-6,9-11,13,16H,7-8H2,1-4H3,(H,15,17)/t13-/m1/s1. The van der Waals surface area contributed by atoms with E-state index in [1.165, 1.54) is 6.07 Å². The van der Waals surface area contributed by atoms with Gasteiger partial charge in [-0.15, -0.1) is 11.3 Å². The molecule has 7 heteroatoms. The van der Waals surface area contributed by atoms with Gasteiger partial charge in [0.05, 0.1) is 0 Å². The molecule has 120 valence electrons. The molecule has 5 nitrogen and oxygen atoms in total. The summed E-state index contributed by atoms with van der Waals surface area (Å²) in [6.45, 7) is 8.35. The summed E-state index contributed by atoms with van der Waals surface area (Å²) in [6, 6.07) is 2.44. The molecule has 0 fully saturated rings. The molecule has 1 amide bonds. The summed E-state index contributed by atoms with van der Waals surface area (Å²) in [7, 11) is -3.64. The van der Waals surface area contributed by atoms with Crippen LogP contribution in [0.25, 0.3) is 0 Å². The van der Waals surface area contributed by atoms with Crippen LogP contribution in [0.15, 0.2) is 21.7 Å². The first-order chi connectivity index (χ1) is 9.74. The molecule has 0 aliphatic carbocycles. The van der Waals surface area contributed by atoms with E-state index in [2.05, 4.69) is 23.9 Å². The first kappa shape index (κ1) is 18.1. The minimum Gasteiger partial charge on any atom is -0.355 e. The van der Waals surface area contributed by atoms with Crippen LogP contribution in [0.5, 0.6) is 0 Å². The Hall–Kier alpha value is -0.920. The smallest absolute Gasteiger partial charge is 0.250 e. The number of amides is 1.